The minimum absolute atomic E-state index is 0.659. The molecule has 0 atom stereocenters. The molecule has 1 rings (SSSR count). The summed E-state index contributed by atoms with van der Waals surface area (Å²) in [4.78, 5) is 0. The van der Waals surface area contributed by atoms with Crippen molar-refractivity contribution >= 4 is 11.6 Å². The topological polar surface area (TPSA) is 21.3 Å². The molecule has 0 amide bonds. The van der Waals surface area contributed by atoms with E-state index >= 15 is 0 Å². The Hall–Kier alpha value is -0.990. The molecule has 2 nitrogen and oxygen atoms in total. The first-order chi connectivity index (χ1) is 8.27. The van der Waals surface area contributed by atoms with Crippen LogP contribution in [0.4, 0.5) is 0 Å². The van der Waals surface area contributed by atoms with Crippen LogP contribution in [0.3, 0.4) is 0 Å². The highest BCUT2D eigenvalue weighted by Crippen LogP contribution is 2.23. The lowest BCUT2D eigenvalue weighted by atomic mass is 10.2. The quantitative estimate of drug-likeness (QED) is 0.562. The average Bonchev–Trinajstić information content (AvgIpc) is 2.32. The van der Waals surface area contributed by atoms with Crippen molar-refractivity contribution in [3.05, 3.63) is 41.4 Å². The van der Waals surface area contributed by atoms with Gasteiger partial charge in [-0.05, 0) is 37.6 Å². The second-order valence-corrected chi connectivity index (χ2v) is 4.29. The highest BCUT2D eigenvalue weighted by Gasteiger charge is 2.04. The maximum atomic E-state index is 5.99. The fourth-order valence-corrected chi connectivity index (χ4v) is 1.67. The minimum atomic E-state index is 0.659. The third-order valence-electron chi connectivity index (χ3n) is 2.34. The Labute approximate surface area is 109 Å². The first-order valence-corrected chi connectivity index (χ1v) is 6.38. The SMILES string of the molecule is C=CCCOc1ccc(Cl)cc1CNCCC. The van der Waals surface area contributed by atoms with Crippen molar-refractivity contribution in [2.24, 2.45) is 0 Å². The molecule has 1 aromatic rings. The van der Waals surface area contributed by atoms with Crippen LogP contribution in [0.25, 0.3) is 0 Å². The predicted molar refractivity (Wildman–Crippen MR) is 73.8 cm³/mol. The van der Waals surface area contributed by atoms with Crippen LogP contribution in [0.15, 0.2) is 30.9 Å². The van der Waals surface area contributed by atoms with Gasteiger partial charge in [-0.1, -0.05) is 24.6 Å². The second kappa shape index (κ2) is 8.15. The Morgan fingerprint density at radius 2 is 2.29 bits per heavy atom. The summed E-state index contributed by atoms with van der Waals surface area (Å²) in [7, 11) is 0. The van der Waals surface area contributed by atoms with Crippen molar-refractivity contribution < 1.29 is 4.74 Å². The van der Waals surface area contributed by atoms with Crippen molar-refractivity contribution in [1.82, 2.24) is 5.32 Å². The van der Waals surface area contributed by atoms with Gasteiger partial charge >= 0.3 is 0 Å². The third kappa shape index (κ3) is 5.24. The van der Waals surface area contributed by atoms with Crippen LogP contribution in [0, 0.1) is 0 Å². The van der Waals surface area contributed by atoms with E-state index in [1.165, 1.54) is 0 Å². The zero-order chi connectivity index (χ0) is 12.5. The van der Waals surface area contributed by atoms with Crippen LogP contribution in [0.2, 0.25) is 5.02 Å². The summed E-state index contributed by atoms with van der Waals surface area (Å²) < 4.78 is 5.69. The average molecular weight is 254 g/mol. The molecule has 0 aliphatic carbocycles. The van der Waals surface area contributed by atoms with Crippen molar-refractivity contribution in [2.75, 3.05) is 13.2 Å². The molecule has 3 heteroatoms. The molecule has 17 heavy (non-hydrogen) atoms. The molecule has 94 valence electrons. The van der Waals surface area contributed by atoms with E-state index in [9.17, 15) is 0 Å². The maximum Gasteiger partial charge on any atom is 0.123 e. The number of hydrogen-bond donors (Lipinski definition) is 1. The maximum absolute atomic E-state index is 5.99. The van der Waals surface area contributed by atoms with Gasteiger partial charge in [0.25, 0.3) is 0 Å². The summed E-state index contributed by atoms with van der Waals surface area (Å²) in [6.45, 7) is 8.27. The second-order valence-electron chi connectivity index (χ2n) is 3.85. The Balaban J connectivity index is 2.62. The number of rotatable bonds is 8. The van der Waals surface area contributed by atoms with Gasteiger partial charge in [0, 0.05) is 17.1 Å². The van der Waals surface area contributed by atoms with Gasteiger partial charge in [-0.3, -0.25) is 0 Å². The fourth-order valence-electron chi connectivity index (χ4n) is 1.48. The highest BCUT2D eigenvalue weighted by molar-refractivity contribution is 6.30. The van der Waals surface area contributed by atoms with Crippen molar-refractivity contribution in [3.8, 4) is 5.75 Å². The molecule has 0 saturated carbocycles. The summed E-state index contributed by atoms with van der Waals surface area (Å²) in [5, 5.41) is 4.10. The Bertz CT molecular complexity index is 352. The normalized spacial score (nSPS) is 10.2. The number of benzene rings is 1. The van der Waals surface area contributed by atoms with Crippen molar-refractivity contribution in [1.29, 1.82) is 0 Å². The summed E-state index contributed by atoms with van der Waals surface area (Å²) in [6, 6.07) is 5.73. The Kier molecular flexibility index (Phi) is 6.75. The summed E-state index contributed by atoms with van der Waals surface area (Å²) in [6.07, 6.45) is 3.82. The van der Waals surface area contributed by atoms with Gasteiger partial charge in [-0.15, -0.1) is 6.58 Å². The zero-order valence-corrected chi connectivity index (χ0v) is 11.1. The first-order valence-electron chi connectivity index (χ1n) is 6.00. The Morgan fingerprint density at radius 3 is 3.00 bits per heavy atom. The molecule has 0 spiro atoms. The number of nitrogens with one attached hydrogen (secondary N) is 1. The lowest BCUT2D eigenvalue weighted by Crippen LogP contribution is -2.14. The fraction of sp³-hybridized carbons (Fsp3) is 0.429. The third-order valence-corrected chi connectivity index (χ3v) is 2.58. The lowest BCUT2D eigenvalue weighted by Gasteiger charge is -2.12. The molecule has 0 unspecified atom stereocenters. The molecule has 1 aromatic carbocycles. The number of halogens is 1. The van der Waals surface area contributed by atoms with Crippen LogP contribution in [-0.4, -0.2) is 13.2 Å². The molecule has 0 aromatic heterocycles. The van der Waals surface area contributed by atoms with E-state index in [-0.39, 0.29) is 0 Å². The molecule has 0 fully saturated rings. The van der Waals surface area contributed by atoms with Crippen LogP contribution < -0.4 is 10.1 Å². The van der Waals surface area contributed by atoms with E-state index in [4.69, 9.17) is 16.3 Å². The van der Waals surface area contributed by atoms with Crippen molar-refractivity contribution in [3.63, 3.8) is 0 Å². The van der Waals surface area contributed by atoms with Gasteiger partial charge < -0.3 is 10.1 Å². The molecule has 0 radical (unpaired) electrons. The van der Waals surface area contributed by atoms with Crippen LogP contribution in [0.5, 0.6) is 5.75 Å². The Morgan fingerprint density at radius 1 is 1.47 bits per heavy atom. The minimum Gasteiger partial charge on any atom is -0.493 e. The van der Waals surface area contributed by atoms with Crippen LogP contribution >= 0.6 is 11.6 Å². The van der Waals surface area contributed by atoms with E-state index in [0.717, 1.165) is 42.3 Å². The van der Waals surface area contributed by atoms with E-state index in [0.29, 0.717) is 6.61 Å². The molecule has 0 aliphatic rings. The van der Waals surface area contributed by atoms with Crippen LogP contribution in [0.1, 0.15) is 25.3 Å². The molecular formula is C14H20ClNO. The van der Waals surface area contributed by atoms with Gasteiger partial charge in [-0.2, -0.15) is 0 Å². The number of hydrogen-bond acceptors (Lipinski definition) is 2. The zero-order valence-electron chi connectivity index (χ0n) is 10.3. The van der Waals surface area contributed by atoms with E-state index in [2.05, 4.69) is 18.8 Å². The van der Waals surface area contributed by atoms with E-state index < -0.39 is 0 Å². The smallest absolute Gasteiger partial charge is 0.123 e. The summed E-state index contributed by atoms with van der Waals surface area (Å²) in [5.74, 6) is 0.903. The van der Waals surface area contributed by atoms with Crippen LogP contribution in [-0.2, 0) is 6.54 Å². The summed E-state index contributed by atoms with van der Waals surface area (Å²) >= 11 is 5.99. The van der Waals surface area contributed by atoms with Gasteiger partial charge in [0.1, 0.15) is 5.75 Å². The van der Waals surface area contributed by atoms with E-state index in [1.54, 1.807) is 0 Å². The van der Waals surface area contributed by atoms with Crippen molar-refractivity contribution in [2.45, 2.75) is 26.3 Å². The molecule has 0 bridgehead atoms. The molecule has 0 heterocycles. The predicted octanol–water partition coefficient (Wildman–Crippen LogP) is 3.79. The highest BCUT2D eigenvalue weighted by atomic mass is 35.5. The monoisotopic (exact) mass is 253 g/mol. The molecule has 1 N–H and O–H groups in total. The molecule has 0 aliphatic heterocycles. The molecular weight excluding hydrogens is 234 g/mol. The summed E-state index contributed by atoms with van der Waals surface area (Å²) in [5.41, 5.74) is 1.11. The van der Waals surface area contributed by atoms with Gasteiger partial charge in [0.15, 0.2) is 0 Å². The molecule has 0 saturated heterocycles. The van der Waals surface area contributed by atoms with Gasteiger partial charge in [-0.25, -0.2) is 0 Å². The first kappa shape index (κ1) is 14.1. The standard InChI is InChI=1S/C14H20ClNO/c1-3-5-9-17-14-7-6-13(15)10-12(14)11-16-8-4-2/h3,6-7,10,16H,1,4-5,8-9,11H2,2H3. The number of ether oxygens (including phenoxy) is 1. The lowest BCUT2D eigenvalue weighted by molar-refractivity contribution is 0.320. The largest absolute Gasteiger partial charge is 0.493 e. The van der Waals surface area contributed by atoms with E-state index in [1.807, 2.05) is 24.3 Å². The van der Waals surface area contributed by atoms with Gasteiger partial charge in [0.2, 0.25) is 0 Å². The van der Waals surface area contributed by atoms with Gasteiger partial charge in [0.05, 0.1) is 6.61 Å².